The van der Waals surface area contributed by atoms with Gasteiger partial charge in [0.1, 0.15) is 0 Å². The predicted molar refractivity (Wildman–Crippen MR) is 59.9 cm³/mol. The Morgan fingerprint density at radius 1 is 1.57 bits per heavy atom. The van der Waals surface area contributed by atoms with E-state index in [9.17, 15) is 0 Å². The summed E-state index contributed by atoms with van der Waals surface area (Å²) in [5, 5.41) is 2.18. The van der Waals surface area contributed by atoms with Crippen molar-refractivity contribution in [1.29, 1.82) is 0 Å². The van der Waals surface area contributed by atoms with Crippen LogP contribution in [0.1, 0.15) is 31.2 Å². The van der Waals surface area contributed by atoms with E-state index in [0.717, 1.165) is 17.1 Å². The van der Waals surface area contributed by atoms with Gasteiger partial charge in [0.2, 0.25) is 0 Å². The average molecular weight is 209 g/mol. The van der Waals surface area contributed by atoms with Crippen molar-refractivity contribution in [1.82, 2.24) is 9.38 Å². The number of hydrogen-bond donors (Lipinski definition) is 1. The Morgan fingerprint density at radius 3 is 3.00 bits per heavy atom. The molecule has 0 aliphatic heterocycles. The van der Waals surface area contributed by atoms with Crippen molar-refractivity contribution in [3.8, 4) is 0 Å². The summed E-state index contributed by atoms with van der Waals surface area (Å²) < 4.78 is 2.18. The highest BCUT2D eigenvalue weighted by Crippen LogP contribution is 2.22. The Labute approximate surface area is 87.6 Å². The summed E-state index contributed by atoms with van der Waals surface area (Å²) in [6.07, 6.45) is 2.97. The topological polar surface area (TPSA) is 43.3 Å². The van der Waals surface area contributed by atoms with Crippen LogP contribution in [0.5, 0.6) is 0 Å². The molecule has 76 valence electrons. The summed E-state index contributed by atoms with van der Waals surface area (Å²) in [6, 6.07) is 0. The van der Waals surface area contributed by atoms with Crippen LogP contribution in [-0.4, -0.2) is 15.9 Å². The molecule has 14 heavy (non-hydrogen) atoms. The molecular weight excluding hydrogens is 194 g/mol. The molecular formula is C10H15N3S. The maximum atomic E-state index is 5.50. The van der Waals surface area contributed by atoms with Crippen molar-refractivity contribution in [3.05, 3.63) is 23.0 Å². The number of rotatable bonds is 3. The molecule has 0 unspecified atom stereocenters. The normalized spacial score (nSPS) is 11.7. The van der Waals surface area contributed by atoms with Crippen molar-refractivity contribution in [2.45, 2.75) is 26.2 Å². The first-order valence-electron chi connectivity index (χ1n) is 4.87. The van der Waals surface area contributed by atoms with Gasteiger partial charge < -0.3 is 5.73 Å². The van der Waals surface area contributed by atoms with E-state index in [1.54, 1.807) is 11.3 Å². The second-order valence-electron chi connectivity index (χ2n) is 3.74. The quantitative estimate of drug-likeness (QED) is 0.840. The Balaban J connectivity index is 2.45. The molecule has 0 aliphatic carbocycles. The van der Waals surface area contributed by atoms with E-state index in [4.69, 9.17) is 5.73 Å². The number of fused-ring (bicyclic) bond motifs is 1. The van der Waals surface area contributed by atoms with Crippen molar-refractivity contribution >= 4 is 16.3 Å². The third-order valence-corrected chi connectivity index (χ3v) is 3.14. The van der Waals surface area contributed by atoms with Crippen molar-refractivity contribution in [2.24, 2.45) is 5.73 Å². The minimum Gasteiger partial charge on any atom is -0.330 e. The van der Waals surface area contributed by atoms with Gasteiger partial charge in [-0.2, -0.15) is 0 Å². The number of nitrogens with two attached hydrogens (primary N) is 1. The molecule has 2 N–H and O–H groups in total. The highest BCUT2D eigenvalue weighted by molar-refractivity contribution is 7.15. The number of aromatic nitrogens is 2. The first kappa shape index (κ1) is 9.68. The maximum absolute atomic E-state index is 5.50. The molecule has 2 aromatic heterocycles. The van der Waals surface area contributed by atoms with E-state index in [0.29, 0.717) is 12.5 Å². The molecule has 0 bridgehead atoms. The summed E-state index contributed by atoms with van der Waals surface area (Å²) in [5.41, 5.74) is 7.94. The first-order chi connectivity index (χ1) is 6.72. The number of imidazole rings is 1. The van der Waals surface area contributed by atoms with Gasteiger partial charge in [-0.3, -0.25) is 4.40 Å². The van der Waals surface area contributed by atoms with Crippen LogP contribution >= 0.6 is 11.3 Å². The predicted octanol–water partition coefficient (Wildman–Crippen LogP) is 2.02. The Morgan fingerprint density at radius 2 is 2.36 bits per heavy atom. The molecule has 3 nitrogen and oxygen atoms in total. The molecule has 0 aliphatic rings. The zero-order valence-electron chi connectivity index (χ0n) is 8.53. The standard InChI is InChI=1S/C10H15N3S/c1-7(2)9-6-14-10-12-8(3-4-11)5-13(9)10/h5-7H,3-4,11H2,1-2H3. The summed E-state index contributed by atoms with van der Waals surface area (Å²) in [4.78, 5) is 5.59. The number of nitrogens with zero attached hydrogens (tertiary/aromatic N) is 2. The fourth-order valence-corrected chi connectivity index (χ4v) is 2.58. The van der Waals surface area contributed by atoms with E-state index in [-0.39, 0.29) is 0 Å². The van der Waals surface area contributed by atoms with Crippen LogP contribution in [0.2, 0.25) is 0 Å². The Kier molecular flexibility index (Phi) is 2.56. The average Bonchev–Trinajstić information content (AvgIpc) is 2.62. The molecule has 0 saturated heterocycles. The maximum Gasteiger partial charge on any atom is 0.194 e. The SMILES string of the molecule is CC(C)c1csc2nc(CCN)cn12. The lowest BCUT2D eigenvalue weighted by atomic mass is 10.2. The summed E-state index contributed by atoms with van der Waals surface area (Å²) in [7, 11) is 0. The lowest BCUT2D eigenvalue weighted by molar-refractivity contribution is 0.810. The number of hydrogen-bond acceptors (Lipinski definition) is 3. The molecule has 2 rings (SSSR count). The Bertz CT molecular complexity index is 427. The first-order valence-corrected chi connectivity index (χ1v) is 5.75. The molecule has 2 heterocycles. The highest BCUT2D eigenvalue weighted by atomic mass is 32.1. The molecule has 0 amide bonds. The van der Waals surface area contributed by atoms with Crippen LogP contribution in [-0.2, 0) is 6.42 Å². The van der Waals surface area contributed by atoms with Crippen LogP contribution in [0.3, 0.4) is 0 Å². The van der Waals surface area contributed by atoms with E-state index >= 15 is 0 Å². The summed E-state index contributed by atoms with van der Waals surface area (Å²) in [6.45, 7) is 5.07. The zero-order valence-corrected chi connectivity index (χ0v) is 9.34. The van der Waals surface area contributed by atoms with Gasteiger partial charge >= 0.3 is 0 Å². The highest BCUT2D eigenvalue weighted by Gasteiger charge is 2.09. The summed E-state index contributed by atoms with van der Waals surface area (Å²) >= 11 is 1.70. The molecule has 0 fully saturated rings. The van der Waals surface area contributed by atoms with E-state index in [1.807, 2.05) is 0 Å². The lowest BCUT2D eigenvalue weighted by Crippen LogP contribution is -2.02. The van der Waals surface area contributed by atoms with Crippen LogP contribution in [0.4, 0.5) is 0 Å². The largest absolute Gasteiger partial charge is 0.330 e. The van der Waals surface area contributed by atoms with Gasteiger partial charge in [0, 0.05) is 23.7 Å². The van der Waals surface area contributed by atoms with Crippen molar-refractivity contribution in [2.75, 3.05) is 6.54 Å². The van der Waals surface area contributed by atoms with Crippen molar-refractivity contribution < 1.29 is 0 Å². The molecule has 2 aromatic rings. The third-order valence-electron chi connectivity index (χ3n) is 2.28. The fraction of sp³-hybridized carbons (Fsp3) is 0.500. The van der Waals surface area contributed by atoms with Gasteiger partial charge in [-0.05, 0) is 12.5 Å². The molecule has 0 radical (unpaired) electrons. The zero-order chi connectivity index (χ0) is 10.1. The third kappa shape index (κ3) is 1.55. The van der Waals surface area contributed by atoms with Crippen LogP contribution in [0, 0.1) is 0 Å². The van der Waals surface area contributed by atoms with Crippen LogP contribution in [0.25, 0.3) is 4.96 Å². The molecule has 0 aromatic carbocycles. The number of thiazole rings is 1. The van der Waals surface area contributed by atoms with Gasteiger partial charge in [-0.15, -0.1) is 11.3 Å². The minimum atomic E-state index is 0.545. The van der Waals surface area contributed by atoms with Gasteiger partial charge in [-0.25, -0.2) is 4.98 Å². The second kappa shape index (κ2) is 3.71. The molecule has 0 spiro atoms. The van der Waals surface area contributed by atoms with E-state index in [1.165, 1.54) is 5.69 Å². The fourth-order valence-electron chi connectivity index (χ4n) is 1.53. The van der Waals surface area contributed by atoms with Gasteiger partial charge in [0.15, 0.2) is 4.96 Å². The Hall–Kier alpha value is -0.870. The minimum absolute atomic E-state index is 0.545. The van der Waals surface area contributed by atoms with Crippen molar-refractivity contribution in [3.63, 3.8) is 0 Å². The molecule has 0 atom stereocenters. The van der Waals surface area contributed by atoms with Crippen LogP contribution in [0.15, 0.2) is 11.6 Å². The van der Waals surface area contributed by atoms with Gasteiger partial charge in [0.05, 0.1) is 5.69 Å². The second-order valence-corrected chi connectivity index (χ2v) is 4.58. The van der Waals surface area contributed by atoms with Gasteiger partial charge in [-0.1, -0.05) is 13.8 Å². The van der Waals surface area contributed by atoms with E-state index < -0.39 is 0 Å². The monoisotopic (exact) mass is 209 g/mol. The lowest BCUT2D eigenvalue weighted by Gasteiger charge is -2.01. The smallest absolute Gasteiger partial charge is 0.194 e. The molecule has 0 saturated carbocycles. The van der Waals surface area contributed by atoms with Gasteiger partial charge in [0.25, 0.3) is 0 Å². The van der Waals surface area contributed by atoms with E-state index in [2.05, 4.69) is 34.8 Å². The molecule has 4 heteroatoms. The summed E-state index contributed by atoms with van der Waals surface area (Å²) in [5.74, 6) is 0.545. The van der Waals surface area contributed by atoms with Crippen LogP contribution < -0.4 is 5.73 Å².